The summed E-state index contributed by atoms with van der Waals surface area (Å²) in [5.41, 5.74) is 8.83. The van der Waals surface area contributed by atoms with E-state index in [1.807, 2.05) is 6.92 Å². The van der Waals surface area contributed by atoms with Gasteiger partial charge < -0.3 is 26.3 Å². The van der Waals surface area contributed by atoms with Gasteiger partial charge in [0.15, 0.2) is 0 Å². The number of thiophene rings is 1. The quantitative estimate of drug-likeness (QED) is 0.359. The topological polar surface area (TPSA) is 134 Å². The lowest BCUT2D eigenvalue weighted by Crippen LogP contribution is -2.21. The molecule has 2 heterocycles. The van der Waals surface area contributed by atoms with Crippen LogP contribution in [0.4, 0.5) is 17.2 Å². The van der Waals surface area contributed by atoms with Gasteiger partial charge in [-0.3, -0.25) is 4.79 Å². The summed E-state index contributed by atoms with van der Waals surface area (Å²) in [5.74, 6) is 0.122. The molecule has 0 bridgehead atoms. The number of benzene rings is 1. The number of carboxylic acids is 1. The molecule has 0 spiro atoms. The Bertz CT molecular complexity index is 1110. The summed E-state index contributed by atoms with van der Waals surface area (Å²) in [7, 11) is 0. The highest BCUT2D eigenvalue weighted by Gasteiger charge is 2.29. The molecule has 0 saturated carbocycles. The van der Waals surface area contributed by atoms with E-state index in [1.54, 1.807) is 12.1 Å². The Morgan fingerprint density at radius 2 is 2.31 bits per heavy atom. The normalized spacial score (nSPS) is 15.7. The van der Waals surface area contributed by atoms with Crippen molar-refractivity contribution in [3.8, 4) is 5.75 Å². The first-order chi connectivity index (χ1) is 14.0. The standard InChI is InChI=1S/C20H21N5O3S/c1-2-28-15-7-13(22)11(8-21)5-14(15)25-18-17-12-4-3-10(20(26)27)6-16(12)29-19(17)24-9-23-18/h5,7-10,21H,2-4,6,22H2,1H3,(H,26,27)(H,23,24,25). The number of hydrogen-bond acceptors (Lipinski definition) is 8. The number of carbonyl (C=O) groups is 1. The van der Waals surface area contributed by atoms with Crippen LogP contribution < -0.4 is 15.8 Å². The predicted molar refractivity (Wildman–Crippen MR) is 114 cm³/mol. The first-order valence-electron chi connectivity index (χ1n) is 9.33. The fourth-order valence-corrected chi connectivity index (χ4v) is 4.92. The number of aromatic nitrogens is 2. The molecule has 1 unspecified atom stereocenters. The molecule has 1 aromatic carbocycles. The van der Waals surface area contributed by atoms with Crippen LogP contribution in [0.25, 0.3) is 10.2 Å². The van der Waals surface area contributed by atoms with E-state index in [-0.39, 0.29) is 5.92 Å². The Morgan fingerprint density at radius 1 is 1.48 bits per heavy atom. The fourth-order valence-electron chi connectivity index (χ4n) is 3.65. The molecule has 1 atom stereocenters. The van der Waals surface area contributed by atoms with Crippen molar-refractivity contribution in [3.05, 3.63) is 34.5 Å². The molecule has 3 aromatic rings. The third kappa shape index (κ3) is 3.49. The SMILES string of the molecule is CCOc1cc(N)c(C=N)cc1Nc1ncnc2sc3c(c12)CCC(C(=O)O)C3. The number of rotatable bonds is 6. The Morgan fingerprint density at radius 3 is 3.03 bits per heavy atom. The summed E-state index contributed by atoms with van der Waals surface area (Å²) in [6, 6.07) is 3.46. The zero-order chi connectivity index (χ0) is 20.5. The molecule has 5 N–H and O–H groups in total. The van der Waals surface area contributed by atoms with Crippen LogP contribution in [0.1, 0.15) is 29.3 Å². The molecule has 29 heavy (non-hydrogen) atoms. The van der Waals surface area contributed by atoms with Gasteiger partial charge in [0.05, 0.1) is 23.6 Å². The Kier molecular flexibility index (Phi) is 5.06. The lowest BCUT2D eigenvalue weighted by molar-refractivity contribution is -0.142. The molecular formula is C20H21N5O3S. The minimum atomic E-state index is -0.750. The van der Waals surface area contributed by atoms with E-state index in [4.69, 9.17) is 15.9 Å². The maximum absolute atomic E-state index is 11.4. The minimum Gasteiger partial charge on any atom is -0.492 e. The van der Waals surface area contributed by atoms with Crippen LogP contribution in [0.2, 0.25) is 0 Å². The minimum absolute atomic E-state index is 0.350. The van der Waals surface area contributed by atoms with Crippen molar-refractivity contribution in [3.63, 3.8) is 0 Å². The molecule has 0 amide bonds. The van der Waals surface area contributed by atoms with Gasteiger partial charge in [-0.1, -0.05) is 0 Å². The van der Waals surface area contributed by atoms with Crippen molar-refractivity contribution in [1.29, 1.82) is 5.41 Å². The second-order valence-electron chi connectivity index (χ2n) is 6.86. The lowest BCUT2D eigenvalue weighted by atomic mass is 9.88. The average Bonchev–Trinajstić information content (AvgIpc) is 3.08. The highest BCUT2D eigenvalue weighted by Crippen LogP contribution is 2.41. The van der Waals surface area contributed by atoms with Crippen molar-refractivity contribution in [2.45, 2.75) is 26.2 Å². The van der Waals surface area contributed by atoms with Gasteiger partial charge in [0.2, 0.25) is 0 Å². The van der Waals surface area contributed by atoms with Crippen molar-refractivity contribution < 1.29 is 14.6 Å². The van der Waals surface area contributed by atoms with Gasteiger partial charge in [-0.15, -0.1) is 11.3 Å². The van der Waals surface area contributed by atoms with Gasteiger partial charge in [0, 0.05) is 28.4 Å². The molecular weight excluding hydrogens is 390 g/mol. The van der Waals surface area contributed by atoms with Crippen LogP contribution in [0.5, 0.6) is 5.75 Å². The van der Waals surface area contributed by atoms with Crippen LogP contribution in [0.3, 0.4) is 0 Å². The number of aryl methyl sites for hydroxylation is 1. The maximum atomic E-state index is 11.4. The van der Waals surface area contributed by atoms with E-state index in [9.17, 15) is 9.90 Å². The number of nitrogen functional groups attached to an aromatic ring is 1. The third-order valence-electron chi connectivity index (χ3n) is 5.09. The summed E-state index contributed by atoms with van der Waals surface area (Å²) >= 11 is 1.53. The van der Waals surface area contributed by atoms with E-state index in [2.05, 4.69) is 15.3 Å². The van der Waals surface area contributed by atoms with Crippen LogP contribution in [-0.4, -0.2) is 33.9 Å². The first-order valence-corrected chi connectivity index (χ1v) is 10.1. The number of fused-ring (bicyclic) bond motifs is 3. The largest absolute Gasteiger partial charge is 0.492 e. The summed E-state index contributed by atoms with van der Waals surface area (Å²) < 4.78 is 5.71. The molecule has 0 saturated heterocycles. The van der Waals surface area contributed by atoms with Gasteiger partial charge in [-0.05, 0) is 37.8 Å². The maximum Gasteiger partial charge on any atom is 0.306 e. The highest BCUT2D eigenvalue weighted by molar-refractivity contribution is 7.19. The number of hydrogen-bond donors (Lipinski definition) is 4. The Labute approximate surface area is 171 Å². The van der Waals surface area contributed by atoms with Crippen LogP contribution in [-0.2, 0) is 17.6 Å². The van der Waals surface area contributed by atoms with E-state index < -0.39 is 5.97 Å². The molecule has 8 nitrogen and oxygen atoms in total. The lowest BCUT2D eigenvalue weighted by Gasteiger charge is -2.19. The van der Waals surface area contributed by atoms with Crippen molar-refractivity contribution in [2.24, 2.45) is 5.92 Å². The van der Waals surface area contributed by atoms with Gasteiger partial charge in [-0.2, -0.15) is 0 Å². The number of ether oxygens (including phenoxy) is 1. The number of nitrogens with zero attached hydrogens (tertiary/aromatic N) is 2. The van der Waals surface area contributed by atoms with Crippen molar-refractivity contribution in [1.82, 2.24) is 9.97 Å². The highest BCUT2D eigenvalue weighted by atomic mass is 32.1. The number of aliphatic carboxylic acids is 1. The predicted octanol–water partition coefficient (Wildman–Crippen LogP) is 3.60. The molecule has 0 aliphatic heterocycles. The molecule has 9 heteroatoms. The van der Waals surface area contributed by atoms with Gasteiger partial charge >= 0.3 is 5.97 Å². The molecule has 150 valence electrons. The van der Waals surface area contributed by atoms with Crippen molar-refractivity contribution in [2.75, 3.05) is 17.7 Å². The summed E-state index contributed by atoms with van der Waals surface area (Å²) in [6.07, 6.45) is 4.50. The second kappa shape index (κ2) is 7.67. The summed E-state index contributed by atoms with van der Waals surface area (Å²) in [5, 5.41) is 21.2. The monoisotopic (exact) mass is 411 g/mol. The second-order valence-corrected chi connectivity index (χ2v) is 7.95. The molecule has 0 fully saturated rings. The van der Waals surface area contributed by atoms with E-state index in [1.165, 1.54) is 23.9 Å². The zero-order valence-electron chi connectivity index (χ0n) is 15.9. The molecule has 1 aliphatic rings. The number of anilines is 3. The van der Waals surface area contributed by atoms with Crippen LogP contribution in [0.15, 0.2) is 18.5 Å². The number of carboxylic acid groups (broad SMARTS) is 1. The number of nitrogens with one attached hydrogen (secondary N) is 2. The molecule has 0 radical (unpaired) electrons. The zero-order valence-corrected chi connectivity index (χ0v) is 16.7. The summed E-state index contributed by atoms with van der Waals surface area (Å²) in [6.45, 7) is 2.36. The third-order valence-corrected chi connectivity index (χ3v) is 6.25. The smallest absolute Gasteiger partial charge is 0.306 e. The molecule has 1 aliphatic carbocycles. The number of nitrogens with two attached hydrogens (primary N) is 1. The van der Waals surface area contributed by atoms with Crippen LogP contribution >= 0.6 is 11.3 Å². The van der Waals surface area contributed by atoms with Gasteiger partial charge in [0.1, 0.15) is 22.7 Å². The Balaban J connectivity index is 1.78. The van der Waals surface area contributed by atoms with E-state index in [0.717, 1.165) is 20.7 Å². The van der Waals surface area contributed by atoms with Gasteiger partial charge in [-0.25, -0.2) is 9.97 Å². The first kappa shape index (κ1) is 19.1. The van der Waals surface area contributed by atoms with Gasteiger partial charge in [0.25, 0.3) is 0 Å². The van der Waals surface area contributed by atoms with Crippen molar-refractivity contribution >= 4 is 50.9 Å². The average molecular weight is 411 g/mol. The van der Waals surface area contributed by atoms with E-state index >= 15 is 0 Å². The Hall–Kier alpha value is -3.20. The molecule has 4 rings (SSSR count). The molecule has 2 aromatic heterocycles. The fraction of sp³-hybridized carbons (Fsp3) is 0.300. The summed E-state index contributed by atoms with van der Waals surface area (Å²) in [4.78, 5) is 22.1. The van der Waals surface area contributed by atoms with Crippen LogP contribution in [0, 0.1) is 11.3 Å². The van der Waals surface area contributed by atoms with E-state index in [0.29, 0.717) is 54.4 Å².